The summed E-state index contributed by atoms with van der Waals surface area (Å²) in [6.45, 7) is 7.55. The van der Waals surface area contributed by atoms with Gasteiger partial charge in [-0.05, 0) is 50.5 Å². The van der Waals surface area contributed by atoms with Gasteiger partial charge in [0.15, 0.2) is 0 Å². The second kappa shape index (κ2) is 8.40. The number of amides is 2. The molecule has 0 bridgehead atoms. The maximum atomic E-state index is 12.3. The maximum absolute atomic E-state index is 12.3. The van der Waals surface area contributed by atoms with E-state index in [1.807, 2.05) is 32.9 Å². The van der Waals surface area contributed by atoms with Crippen molar-refractivity contribution in [3.05, 3.63) is 23.3 Å². The van der Waals surface area contributed by atoms with E-state index in [9.17, 15) is 9.59 Å². The number of ether oxygens (including phenoxy) is 3. The van der Waals surface area contributed by atoms with E-state index < -0.39 is 5.60 Å². The smallest absolute Gasteiger partial charge is 0.410 e. The zero-order valence-electron chi connectivity index (χ0n) is 16.2. The zero-order valence-corrected chi connectivity index (χ0v) is 16.2. The molecule has 1 aromatic carbocycles. The van der Waals surface area contributed by atoms with Gasteiger partial charge < -0.3 is 19.1 Å². The first-order chi connectivity index (χ1) is 12.3. The van der Waals surface area contributed by atoms with Crippen molar-refractivity contribution in [2.75, 3.05) is 32.3 Å². The van der Waals surface area contributed by atoms with Gasteiger partial charge in [-0.2, -0.15) is 0 Å². The molecule has 7 nitrogen and oxygen atoms in total. The Balaban J connectivity index is 2.20. The predicted molar refractivity (Wildman–Crippen MR) is 98.4 cm³/mol. The number of hydrogen-bond donors (Lipinski definition) is 0. The summed E-state index contributed by atoms with van der Waals surface area (Å²) in [4.78, 5) is 27.1. The lowest BCUT2D eigenvalue weighted by atomic mass is 10.1. The summed E-state index contributed by atoms with van der Waals surface area (Å²) in [6.07, 6.45) is 1.17. The molecule has 0 radical (unpaired) electrons. The summed E-state index contributed by atoms with van der Waals surface area (Å²) in [5.41, 5.74) is 2.15. The second-order valence-corrected chi connectivity index (χ2v) is 7.27. The minimum absolute atomic E-state index is 0.346. The molecule has 0 aliphatic carbocycles. The highest BCUT2D eigenvalue weighted by Crippen LogP contribution is 2.36. The van der Waals surface area contributed by atoms with Gasteiger partial charge in [0.1, 0.15) is 11.4 Å². The van der Waals surface area contributed by atoms with Gasteiger partial charge in [-0.1, -0.05) is 0 Å². The average Bonchev–Trinajstić information content (AvgIpc) is 2.99. The van der Waals surface area contributed by atoms with Crippen LogP contribution in [0.1, 0.15) is 38.3 Å². The third-order valence-electron chi connectivity index (χ3n) is 4.06. The Morgan fingerprint density at radius 1 is 1.23 bits per heavy atom. The van der Waals surface area contributed by atoms with Gasteiger partial charge in [0.05, 0.1) is 12.8 Å². The Hall–Kier alpha value is -2.28. The molecular formula is C19H28N2O5. The molecule has 0 aromatic heterocycles. The Morgan fingerprint density at radius 2 is 1.88 bits per heavy atom. The Bertz CT molecular complexity index is 654. The van der Waals surface area contributed by atoms with Crippen LogP contribution in [0.25, 0.3) is 0 Å². The summed E-state index contributed by atoms with van der Waals surface area (Å²) in [6, 6.07) is 3.81. The van der Waals surface area contributed by atoms with E-state index in [-0.39, 0.29) is 6.09 Å². The number of carbonyl (C=O) groups is 2. The van der Waals surface area contributed by atoms with Gasteiger partial charge in [-0.3, -0.25) is 9.69 Å². The molecule has 1 aliphatic rings. The molecule has 0 atom stereocenters. The van der Waals surface area contributed by atoms with Crippen LogP contribution in [0.15, 0.2) is 12.1 Å². The molecule has 0 saturated heterocycles. The third-order valence-corrected chi connectivity index (χ3v) is 4.06. The molecule has 0 unspecified atom stereocenters. The van der Waals surface area contributed by atoms with Crippen LogP contribution in [-0.2, 0) is 27.4 Å². The van der Waals surface area contributed by atoms with Gasteiger partial charge in [-0.25, -0.2) is 4.79 Å². The minimum atomic E-state index is -0.537. The lowest BCUT2D eigenvalue weighted by Crippen LogP contribution is -2.33. The monoisotopic (exact) mass is 364 g/mol. The fraction of sp³-hybridized carbons (Fsp3) is 0.579. The van der Waals surface area contributed by atoms with Crippen molar-refractivity contribution < 1.29 is 23.8 Å². The first kappa shape index (κ1) is 20.0. The van der Waals surface area contributed by atoms with E-state index in [0.717, 1.165) is 24.0 Å². The van der Waals surface area contributed by atoms with Crippen molar-refractivity contribution in [1.29, 1.82) is 0 Å². The molecule has 2 rings (SSSR count). The van der Waals surface area contributed by atoms with Crippen molar-refractivity contribution in [1.82, 2.24) is 4.90 Å². The number of methoxy groups -OCH3 is 2. The highest BCUT2D eigenvalue weighted by molar-refractivity contribution is 5.80. The Morgan fingerprint density at radius 3 is 2.42 bits per heavy atom. The highest BCUT2D eigenvalue weighted by atomic mass is 16.6. The van der Waals surface area contributed by atoms with Gasteiger partial charge in [-0.15, -0.1) is 0 Å². The summed E-state index contributed by atoms with van der Waals surface area (Å²) >= 11 is 0. The van der Waals surface area contributed by atoms with Crippen molar-refractivity contribution >= 4 is 18.2 Å². The molecule has 2 amide bonds. The molecule has 1 aliphatic heterocycles. The normalized spacial score (nSPS) is 13.3. The maximum Gasteiger partial charge on any atom is 0.410 e. The number of fused-ring (bicyclic) bond motifs is 1. The van der Waals surface area contributed by atoms with Crippen LogP contribution >= 0.6 is 0 Å². The molecule has 0 N–H and O–H groups in total. The summed E-state index contributed by atoms with van der Waals surface area (Å²) < 4.78 is 16.0. The van der Waals surface area contributed by atoms with E-state index in [1.165, 1.54) is 0 Å². The van der Waals surface area contributed by atoms with Crippen LogP contribution in [-0.4, -0.2) is 50.4 Å². The number of benzene rings is 1. The van der Waals surface area contributed by atoms with Crippen molar-refractivity contribution in [2.45, 2.75) is 45.9 Å². The van der Waals surface area contributed by atoms with E-state index in [4.69, 9.17) is 14.2 Å². The van der Waals surface area contributed by atoms with Gasteiger partial charge in [0.25, 0.3) is 0 Å². The minimum Gasteiger partial charge on any atom is -0.495 e. The molecule has 1 heterocycles. The lowest BCUT2D eigenvalue weighted by molar-refractivity contribution is -0.107. The first-order valence-corrected chi connectivity index (χ1v) is 8.67. The van der Waals surface area contributed by atoms with Crippen LogP contribution < -0.4 is 9.64 Å². The van der Waals surface area contributed by atoms with E-state index >= 15 is 0 Å². The number of anilines is 1. The SMILES string of the molecule is COCCCN(C=O)c1cc2c(cc1OC)CN(C(=O)OC(C)(C)C)C2. The molecule has 1 aromatic rings. The van der Waals surface area contributed by atoms with Crippen LogP contribution in [0.4, 0.5) is 10.5 Å². The van der Waals surface area contributed by atoms with Crippen LogP contribution in [0, 0.1) is 0 Å². The standard InChI is InChI=1S/C19H28N2O5/c1-19(2,3)26-18(23)21-11-14-9-16(17(25-5)10-15(14)12-21)20(13-22)7-6-8-24-4/h9-10,13H,6-8,11-12H2,1-5H3. The summed E-state index contributed by atoms with van der Waals surface area (Å²) in [7, 11) is 3.20. The molecule has 0 saturated carbocycles. The number of rotatable bonds is 7. The van der Waals surface area contributed by atoms with Crippen LogP contribution in [0.5, 0.6) is 5.75 Å². The quantitative estimate of drug-likeness (QED) is 0.550. The Kier molecular flexibility index (Phi) is 6.47. The second-order valence-electron chi connectivity index (χ2n) is 7.27. The highest BCUT2D eigenvalue weighted by Gasteiger charge is 2.29. The molecular weight excluding hydrogens is 336 g/mol. The van der Waals surface area contributed by atoms with E-state index in [1.54, 1.807) is 24.0 Å². The van der Waals surface area contributed by atoms with Crippen molar-refractivity contribution in [3.63, 3.8) is 0 Å². The summed E-state index contributed by atoms with van der Waals surface area (Å²) in [5, 5.41) is 0. The number of hydrogen-bond acceptors (Lipinski definition) is 5. The summed E-state index contributed by atoms with van der Waals surface area (Å²) in [5.74, 6) is 0.610. The van der Waals surface area contributed by atoms with Crippen molar-refractivity contribution in [2.24, 2.45) is 0 Å². The van der Waals surface area contributed by atoms with E-state index in [2.05, 4.69) is 0 Å². The average molecular weight is 364 g/mol. The molecule has 0 spiro atoms. The predicted octanol–water partition coefficient (Wildman–Crippen LogP) is 2.95. The fourth-order valence-corrected chi connectivity index (χ4v) is 2.87. The fourth-order valence-electron chi connectivity index (χ4n) is 2.87. The largest absolute Gasteiger partial charge is 0.495 e. The number of nitrogens with zero attached hydrogens (tertiary/aromatic N) is 2. The lowest BCUT2D eigenvalue weighted by Gasteiger charge is -2.24. The first-order valence-electron chi connectivity index (χ1n) is 8.67. The zero-order chi connectivity index (χ0) is 19.3. The molecule has 0 fully saturated rings. The number of carbonyl (C=O) groups excluding carboxylic acids is 2. The van der Waals surface area contributed by atoms with Gasteiger partial charge in [0.2, 0.25) is 6.41 Å². The third kappa shape index (κ3) is 4.88. The Labute approximate surface area is 154 Å². The van der Waals surface area contributed by atoms with E-state index in [0.29, 0.717) is 37.7 Å². The molecule has 144 valence electrons. The van der Waals surface area contributed by atoms with Crippen LogP contribution in [0.2, 0.25) is 0 Å². The van der Waals surface area contributed by atoms with Crippen LogP contribution in [0.3, 0.4) is 0 Å². The molecule has 7 heteroatoms. The van der Waals surface area contributed by atoms with Gasteiger partial charge in [0, 0.05) is 33.4 Å². The molecule has 26 heavy (non-hydrogen) atoms. The topological polar surface area (TPSA) is 68.3 Å². The van der Waals surface area contributed by atoms with Crippen molar-refractivity contribution in [3.8, 4) is 5.75 Å². The van der Waals surface area contributed by atoms with Gasteiger partial charge >= 0.3 is 6.09 Å².